The van der Waals surface area contributed by atoms with Gasteiger partial charge in [-0.15, -0.1) is 22.7 Å². The first kappa shape index (κ1) is 24.4. The van der Waals surface area contributed by atoms with Crippen molar-refractivity contribution in [2.75, 3.05) is 27.2 Å². The van der Waals surface area contributed by atoms with Crippen molar-refractivity contribution in [2.24, 2.45) is 11.8 Å². The summed E-state index contributed by atoms with van der Waals surface area (Å²) in [6.07, 6.45) is 4.04. The lowest BCUT2D eigenvalue weighted by molar-refractivity contribution is -0.919. The van der Waals surface area contributed by atoms with Crippen molar-refractivity contribution in [3.05, 3.63) is 44.8 Å². The van der Waals surface area contributed by atoms with E-state index in [0.717, 1.165) is 36.7 Å². The molecule has 2 bridgehead atoms. The lowest BCUT2D eigenvalue weighted by Gasteiger charge is -2.39. The molecule has 2 aromatic rings. The molecule has 2 heterocycles. The van der Waals surface area contributed by atoms with Crippen molar-refractivity contribution in [1.29, 1.82) is 0 Å². The van der Waals surface area contributed by atoms with Crippen molar-refractivity contribution < 1.29 is 28.7 Å². The van der Waals surface area contributed by atoms with Gasteiger partial charge in [0.05, 0.1) is 49.5 Å². The van der Waals surface area contributed by atoms with Gasteiger partial charge in [0.15, 0.2) is 0 Å². The minimum absolute atomic E-state index is 0.139. The third kappa shape index (κ3) is 4.76. The highest BCUT2D eigenvalue weighted by molar-refractivity contribution is 7.12. The lowest BCUT2D eigenvalue weighted by atomic mass is 9.96. The molecule has 2 aromatic heterocycles. The molecule has 4 rings (SSSR count). The van der Waals surface area contributed by atoms with Gasteiger partial charge in [-0.2, -0.15) is 0 Å². The fourth-order valence-corrected chi connectivity index (χ4v) is 7.70. The predicted molar refractivity (Wildman–Crippen MR) is 129 cm³/mol. The fraction of sp³-hybridized carbons (Fsp3) is 0.600. The minimum atomic E-state index is -1.76. The molecule has 4 atom stereocenters. The van der Waals surface area contributed by atoms with Crippen LogP contribution in [0.4, 0.5) is 0 Å². The molecule has 33 heavy (non-hydrogen) atoms. The van der Waals surface area contributed by atoms with Gasteiger partial charge < -0.3 is 19.1 Å². The fourth-order valence-electron chi connectivity index (χ4n) is 5.99. The topological polar surface area (TPSA) is 72.8 Å². The average Bonchev–Trinajstić information content (AvgIpc) is 3.58. The summed E-state index contributed by atoms with van der Waals surface area (Å²) in [6, 6.07) is 7.66. The number of hydrogen-bond acceptors (Lipinski definition) is 7. The van der Waals surface area contributed by atoms with Crippen molar-refractivity contribution in [3.63, 3.8) is 0 Å². The third-order valence-electron chi connectivity index (χ3n) is 7.34. The maximum absolute atomic E-state index is 13.4. The largest absolute Gasteiger partial charge is 0.466 e. The molecule has 2 saturated carbocycles. The van der Waals surface area contributed by atoms with E-state index in [1.807, 2.05) is 29.8 Å². The first-order valence-electron chi connectivity index (χ1n) is 11.8. The molecule has 2 aliphatic carbocycles. The number of esters is 2. The molecule has 6 nitrogen and oxygen atoms in total. The zero-order chi connectivity index (χ0) is 23.6. The zero-order valence-corrected chi connectivity index (χ0v) is 21.2. The van der Waals surface area contributed by atoms with Crippen LogP contribution in [0.25, 0.3) is 0 Å². The lowest BCUT2D eigenvalue weighted by Crippen LogP contribution is -2.53. The number of fused-ring (bicyclic) bond motifs is 2. The summed E-state index contributed by atoms with van der Waals surface area (Å²) >= 11 is 2.73. The predicted octanol–water partition coefficient (Wildman–Crippen LogP) is 4.18. The Morgan fingerprint density at radius 3 is 2.39 bits per heavy atom. The van der Waals surface area contributed by atoms with Gasteiger partial charge in [-0.3, -0.25) is 4.79 Å². The molecule has 2 aliphatic rings. The second-order valence-corrected chi connectivity index (χ2v) is 11.6. The van der Waals surface area contributed by atoms with Crippen molar-refractivity contribution in [2.45, 2.75) is 56.8 Å². The first-order valence-corrected chi connectivity index (χ1v) is 13.5. The number of ether oxygens (including phenoxy) is 2. The minimum Gasteiger partial charge on any atom is -0.466 e. The van der Waals surface area contributed by atoms with E-state index >= 15 is 0 Å². The van der Waals surface area contributed by atoms with Crippen LogP contribution in [0, 0.1) is 11.8 Å². The molecule has 0 spiro atoms. The quantitative estimate of drug-likeness (QED) is 0.398. The highest BCUT2D eigenvalue weighted by atomic mass is 32.1. The normalized spacial score (nSPS) is 24.7. The summed E-state index contributed by atoms with van der Waals surface area (Å²) in [5.41, 5.74) is -1.76. The Hall–Kier alpha value is -1.74. The number of aliphatic hydroxyl groups is 1. The van der Waals surface area contributed by atoms with Crippen LogP contribution < -0.4 is 0 Å². The molecule has 2 fully saturated rings. The molecule has 0 amide bonds. The molecule has 180 valence electrons. The van der Waals surface area contributed by atoms with Crippen LogP contribution in [0.2, 0.25) is 0 Å². The van der Waals surface area contributed by atoms with Gasteiger partial charge in [-0.1, -0.05) is 12.1 Å². The van der Waals surface area contributed by atoms with Gasteiger partial charge in [0, 0.05) is 18.3 Å². The van der Waals surface area contributed by atoms with E-state index in [2.05, 4.69) is 14.1 Å². The van der Waals surface area contributed by atoms with E-state index < -0.39 is 11.6 Å². The van der Waals surface area contributed by atoms with E-state index in [-0.39, 0.29) is 18.0 Å². The van der Waals surface area contributed by atoms with E-state index in [1.165, 1.54) is 22.7 Å². The molecule has 2 unspecified atom stereocenters. The zero-order valence-electron chi connectivity index (χ0n) is 19.6. The smallest absolute Gasteiger partial charge is 0.349 e. The Morgan fingerprint density at radius 1 is 1.15 bits per heavy atom. The van der Waals surface area contributed by atoms with E-state index in [9.17, 15) is 14.7 Å². The van der Waals surface area contributed by atoms with Gasteiger partial charge in [0.1, 0.15) is 6.10 Å². The van der Waals surface area contributed by atoms with Gasteiger partial charge in [-0.25, -0.2) is 4.79 Å². The molecule has 0 aromatic carbocycles. The van der Waals surface area contributed by atoms with Crippen LogP contribution in [0.5, 0.6) is 0 Å². The summed E-state index contributed by atoms with van der Waals surface area (Å²) in [7, 11) is 4.44. The van der Waals surface area contributed by atoms with Crippen LogP contribution in [0.3, 0.4) is 0 Å². The maximum atomic E-state index is 13.4. The second-order valence-electron chi connectivity index (χ2n) is 9.75. The summed E-state index contributed by atoms with van der Waals surface area (Å²) in [6.45, 7) is 3.12. The maximum Gasteiger partial charge on any atom is 0.349 e. The van der Waals surface area contributed by atoms with E-state index in [4.69, 9.17) is 9.47 Å². The average molecular weight is 493 g/mol. The van der Waals surface area contributed by atoms with Crippen LogP contribution in [0.1, 0.15) is 48.8 Å². The number of nitrogens with zero attached hydrogens (tertiary/aromatic N) is 1. The van der Waals surface area contributed by atoms with Crippen LogP contribution >= 0.6 is 22.7 Å². The number of hydrogen-bond donors (Lipinski definition) is 1. The van der Waals surface area contributed by atoms with E-state index in [1.54, 1.807) is 12.1 Å². The SMILES string of the molecule is CCOC(=O)CCC[N+](C)(C)C1C2CC[C@H]1[C@H](OC(=O)C(O)(c1cccs1)c1cccs1)C2. The van der Waals surface area contributed by atoms with E-state index in [0.29, 0.717) is 34.7 Å². The van der Waals surface area contributed by atoms with Crippen molar-refractivity contribution in [1.82, 2.24) is 0 Å². The highest BCUT2D eigenvalue weighted by Crippen LogP contribution is 2.51. The van der Waals surface area contributed by atoms with Gasteiger partial charge in [0.25, 0.3) is 0 Å². The highest BCUT2D eigenvalue weighted by Gasteiger charge is 2.58. The third-order valence-corrected chi connectivity index (χ3v) is 9.30. The summed E-state index contributed by atoms with van der Waals surface area (Å²) in [5, 5.41) is 15.3. The molecule has 8 heteroatoms. The Bertz CT molecular complexity index is 906. The Morgan fingerprint density at radius 2 is 1.82 bits per heavy atom. The first-order chi connectivity index (χ1) is 15.8. The number of rotatable bonds is 10. The van der Waals surface area contributed by atoms with Crippen LogP contribution in [-0.4, -0.2) is 60.9 Å². The van der Waals surface area contributed by atoms with Gasteiger partial charge in [-0.05, 0) is 49.1 Å². The number of carbonyl (C=O) groups excluding carboxylic acids is 2. The number of carbonyl (C=O) groups is 2. The Labute approximate surface area is 203 Å². The van der Waals surface area contributed by atoms with Crippen molar-refractivity contribution >= 4 is 34.6 Å². The Balaban J connectivity index is 1.45. The molecular formula is C25H34NO5S2+. The standard InChI is InChI=1S/C25H34NO5S2/c1-4-30-22(27)10-5-13-26(2,3)23-17-11-12-18(23)19(16-17)31-24(28)25(29,20-8-6-14-32-20)21-9-7-15-33-21/h6-9,14-15,17-19,23,29H,4-5,10-13,16H2,1-3H3/q+1/t17?,18-,19+,23?/m0/s1. The molecular weight excluding hydrogens is 458 g/mol. The van der Waals surface area contributed by atoms with Crippen LogP contribution in [-0.2, 0) is 24.7 Å². The summed E-state index contributed by atoms with van der Waals surface area (Å²) in [4.78, 5) is 26.4. The Kier molecular flexibility index (Phi) is 7.29. The monoisotopic (exact) mass is 492 g/mol. The summed E-state index contributed by atoms with van der Waals surface area (Å²) in [5.74, 6) is 0.0471. The van der Waals surface area contributed by atoms with Crippen LogP contribution in [0.15, 0.2) is 35.0 Å². The second kappa shape index (κ2) is 9.86. The van der Waals surface area contributed by atoms with Gasteiger partial charge in [0.2, 0.25) is 5.60 Å². The number of thiophene rings is 2. The number of quaternary nitrogens is 1. The molecule has 1 N–H and O–H groups in total. The molecule has 0 saturated heterocycles. The summed E-state index contributed by atoms with van der Waals surface area (Å²) < 4.78 is 12.0. The van der Waals surface area contributed by atoms with Crippen molar-refractivity contribution in [3.8, 4) is 0 Å². The molecule has 0 radical (unpaired) electrons. The molecule has 0 aliphatic heterocycles. The van der Waals surface area contributed by atoms with Gasteiger partial charge >= 0.3 is 11.9 Å².